The number of anilines is 2. The molecule has 4 rings (SSSR count). The van der Waals surface area contributed by atoms with Gasteiger partial charge in [0.1, 0.15) is 5.65 Å². The Morgan fingerprint density at radius 2 is 1.83 bits per heavy atom. The van der Waals surface area contributed by atoms with E-state index in [-0.39, 0.29) is 10.8 Å². The SMILES string of the molecule is CC(=O)Nc1ccc(S(=O)(=O)Nc2cccc(-c3cn4ccccc4n3)c2)c(C)c1. The van der Waals surface area contributed by atoms with Crippen LogP contribution in [0.25, 0.3) is 16.9 Å². The predicted molar refractivity (Wildman–Crippen MR) is 117 cm³/mol. The molecule has 2 N–H and O–H groups in total. The van der Waals surface area contributed by atoms with Crippen molar-refractivity contribution in [2.75, 3.05) is 10.0 Å². The second-order valence-corrected chi connectivity index (χ2v) is 8.59. The Balaban J connectivity index is 1.62. The number of hydrogen-bond acceptors (Lipinski definition) is 4. The van der Waals surface area contributed by atoms with Gasteiger partial charge in [-0.1, -0.05) is 18.2 Å². The zero-order chi connectivity index (χ0) is 21.3. The summed E-state index contributed by atoms with van der Waals surface area (Å²) in [5, 5.41) is 2.65. The Bertz CT molecular complexity index is 1330. The topological polar surface area (TPSA) is 92.6 Å². The van der Waals surface area contributed by atoms with Crippen molar-refractivity contribution in [3.05, 3.63) is 78.6 Å². The summed E-state index contributed by atoms with van der Waals surface area (Å²) >= 11 is 0. The number of nitrogens with one attached hydrogen (secondary N) is 2. The van der Waals surface area contributed by atoms with Gasteiger partial charge in [-0.3, -0.25) is 9.52 Å². The molecular formula is C22H20N4O3S. The van der Waals surface area contributed by atoms with Gasteiger partial charge in [-0.2, -0.15) is 0 Å². The first-order chi connectivity index (χ1) is 14.3. The van der Waals surface area contributed by atoms with Crippen molar-refractivity contribution in [1.29, 1.82) is 0 Å². The average molecular weight is 420 g/mol. The third-order valence-electron chi connectivity index (χ3n) is 4.56. The third kappa shape index (κ3) is 4.04. The second-order valence-electron chi connectivity index (χ2n) is 6.94. The summed E-state index contributed by atoms with van der Waals surface area (Å²) in [6, 6.07) is 17.5. The van der Waals surface area contributed by atoms with Crippen LogP contribution < -0.4 is 10.0 Å². The molecule has 4 aromatic rings. The van der Waals surface area contributed by atoms with Gasteiger partial charge in [0.15, 0.2) is 0 Å². The van der Waals surface area contributed by atoms with Crippen LogP contribution in [0.5, 0.6) is 0 Å². The van der Waals surface area contributed by atoms with Crippen molar-refractivity contribution in [1.82, 2.24) is 9.38 Å². The first-order valence-electron chi connectivity index (χ1n) is 9.27. The minimum Gasteiger partial charge on any atom is -0.326 e. The molecule has 2 heterocycles. The number of carbonyl (C=O) groups excluding carboxylic acids is 1. The molecule has 8 heteroatoms. The van der Waals surface area contributed by atoms with Crippen molar-refractivity contribution in [2.45, 2.75) is 18.7 Å². The number of nitrogens with zero attached hydrogens (tertiary/aromatic N) is 2. The van der Waals surface area contributed by atoms with Crippen molar-refractivity contribution >= 4 is 33.0 Å². The van der Waals surface area contributed by atoms with E-state index in [4.69, 9.17) is 0 Å². The number of benzene rings is 2. The van der Waals surface area contributed by atoms with Gasteiger partial charge in [-0.05, 0) is 55.0 Å². The highest BCUT2D eigenvalue weighted by Crippen LogP contribution is 2.26. The van der Waals surface area contributed by atoms with E-state index in [0.29, 0.717) is 16.9 Å². The van der Waals surface area contributed by atoms with Crippen LogP contribution in [0.4, 0.5) is 11.4 Å². The molecule has 0 bridgehead atoms. The van der Waals surface area contributed by atoms with Crippen LogP contribution >= 0.6 is 0 Å². The Hall–Kier alpha value is -3.65. The van der Waals surface area contributed by atoms with Gasteiger partial charge in [0, 0.05) is 36.3 Å². The second kappa shape index (κ2) is 7.64. The van der Waals surface area contributed by atoms with Crippen LogP contribution in [0, 0.1) is 6.92 Å². The van der Waals surface area contributed by atoms with Gasteiger partial charge in [0.2, 0.25) is 5.91 Å². The van der Waals surface area contributed by atoms with Gasteiger partial charge >= 0.3 is 0 Å². The van der Waals surface area contributed by atoms with E-state index in [9.17, 15) is 13.2 Å². The Labute approximate surface area is 174 Å². The average Bonchev–Trinajstić information content (AvgIpc) is 3.11. The molecule has 0 saturated heterocycles. The summed E-state index contributed by atoms with van der Waals surface area (Å²) in [5.41, 5.74) is 3.89. The highest BCUT2D eigenvalue weighted by molar-refractivity contribution is 7.92. The number of rotatable bonds is 5. The lowest BCUT2D eigenvalue weighted by molar-refractivity contribution is -0.114. The Kier molecular flexibility index (Phi) is 5.01. The molecule has 0 aliphatic rings. The maximum Gasteiger partial charge on any atom is 0.262 e. The van der Waals surface area contributed by atoms with E-state index < -0.39 is 10.0 Å². The van der Waals surface area contributed by atoms with E-state index in [0.717, 1.165) is 16.9 Å². The van der Waals surface area contributed by atoms with Crippen molar-refractivity contribution in [3.63, 3.8) is 0 Å². The van der Waals surface area contributed by atoms with E-state index in [1.807, 2.05) is 41.1 Å². The molecular weight excluding hydrogens is 400 g/mol. The fraction of sp³-hybridized carbons (Fsp3) is 0.0909. The summed E-state index contributed by atoms with van der Waals surface area (Å²) in [5.74, 6) is -0.216. The standard InChI is InChI=1S/C22H20N4O3S/c1-15-12-18(23-16(2)27)9-10-21(15)30(28,29)25-19-7-5-6-17(13-19)20-14-26-11-4-3-8-22(26)24-20/h3-14,25H,1-2H3,(H,23,27). The zero-order valence-corrected chi connectivity index (χ0v) is 17.3. The summed E-state index contributed by atoms with van der Waals surface area (Å²) in [6.45, 7) is 3.09. The largest absolute Gasteiger partial charge is 0.326 e. The molecule has 0 saturated carbocycles. The van der Waals surface area contributed by atoms with Crippen molar-refractivity contribution in [2.24, 2.45) is 0 Å². The lowest BCUT2D eigenvalue weighted by Crippen LogP contribution is -2.15. The molecule has 7 nitrogen and oxygen atoms in total. The quantitative estimate of drug-likeness (QED) is 0.509. The van der Waals surface area contributed by atoms with Crippen LogP contribution in [0.2, 0.25) is 0 Å². The molecule has 0 fully saturated rings. The minimum atomic E-state index is -3.80. The number of hydrogen-bond donors (Lipinski definition) is 2. The van der Waals surface area contributed by atoms with Crippen LogP contribution in [-0.4, -0.2) is 23.7 Å². The molecule has 2 aromatic carbocycles. The van der Waals surface area contributed by atoms with Gasteiger partial charge in [0.25, 0.3) is 10.0 Å². The maximum atomic E-state index is 12.9. The summed E-state index contributed by atoms with van der Waals surface area (Å²) in [6.07, 6.45) is 3.81. The molecule has 30 heavy (non-hydrogen) atoms. The third-order valence-corrected chi connectivity index (χ3v) is 6.10. The molecule has 0 aliphatic carbocycles. The zero-order valence-electron chi connectivity index (χ0n) is 16.5. The molecule has 152 valence electrons. The number of aromatic nitrogens is 2. The van der Waals surface area contributed by atoms with Crippen LogP contribution in [-0.2, 0) is 14.8 Å². The number of pyridine rings is 1. The van der Waals surface area contributed by atoms with Crippen LogP contribution in [0.15, 0.2) is 78.0 Å². The number of fused-ring (bicyclic) bond motifs is 1. The molecule has 0 unspecified atom stereocenters. The highest BCUT2D eigenvalue weighted by Gasteiger charge is 2.18. The van der Waals surface area contributed by atoms with E-state index >= 15 is 0 Å². The van der Waals surface area contributed by atoms with Crippen molar-refractivity contribution < 1.29 is 13.2 Å². The van der Waals surface area contributed by atoms with Gasteiger partial charge in [-0.25, -0.2) is 13.4 Å². The Morgan fingerprint density at radius 3 is 2.57 bits per heavy atom. The predicted octanol–water partition coefficient (Wildman–Crippen LogP) is 4.07. The Morgan fingerprint density at radius 1 is 1.00 bits per heavy atom. The lowest BCUT2D eigenvalue weighted by atomic mass is 10.1. The fourth-order valence-corrected chi connectivity index (χ4v) is 4.54. The summed E-state index contributed by atoms with van der Waals surface area (Å²) in [7, 11) is -3.80. The van der Waals surface area contributed by atoms with Gasteiger partial charge in [0.05, 0.1) is 10.6 Å². The monoisotopic (exact) mass is 420 g/mol. The first kappa shape index (κ1) is 19.7. The fourth-order valence-electron chi connectivity index (χ4n) is 3.26. The summed E-state index contributed by atoms with van der Waals surface area (Å²) < 4.78 is 30.4. The maximum absolute atomic E-state index is 12.9. The first-order valence-corrected chi connectivity index (χ1v) is 10.8. The number of amides is 1. The molecule has 1 amide bonds. The van der Waals surface area contributed by atoms with Crippen molar-refractivity contribution in [3.8, 4) is 11.3 Å². The highest BCUT2D eigenvalue weighted by atomic mass is 32.2. The van der Waals surface area contributed by atoms with E-state index in [1.54, 1.807) is 37.3 Å². The smallest absolute Gasteiger partial charge is 0.262 e. The number of carbonyl (C=O) groups is 1. The molecule has 2 aromatic heterocycles. The van der Waals surface area contributed by atoms with Gasteiger partial charge < -0.3 is 9.72 Å². The normalized spacial score (nSPS) is 11.4. The molecule has 0 aliphatic heterocycles. The number of sulfonamides is 1. The lowest BCUT2D eigenvalue weighted by Gasteiger charge is -2.12. The van der Waals surface area contributed by atoms with E-state index in [1.165, 1.54) is 13.0 Å². The summed E-state index contributed by atoms with van der Waals surface area (Å²) in [4.78, 5) is 15.9. The molecule has 0 atom stereocenters. The van der Waals surface area contributed by atoms with Crippen LogP contribution in [0.3, 0.4) is 0 Å². The van der Waals surface area contributed by atoms with E-state index in [2.05, 4.69) is 15.0 Å². The number of imidazole rings is 1. The minimum absolute atomic E-state index is 0.148. The number of aryl methyl sites for hydroxylation is 1. The molecule has 0 radical (unpaired) electrons. The van der Waals surface area contributed by atoms with Gasteiger partial charge in [-0.15, -0.1) is 0 Å². The van der Waals surface area contributed by atoms with Crippen LogP contribution in [0.1, 0.15) is 12.5 Å². The molecule has 0 spiro atoms.